The normalized spacial score (nSPS) is 20.6. The highest BCUT2D eigenvalue weighted by atomic mass is 16.4. The molecule has 106 valence electrons. The minimum atomic E-state index is -0.739. The Bertz CT molecular complexity index is 237. The molecule has 1 aliphatic rings. The van der Waals surface area contributed by atoms with E-state index >= 15 is 0 Å². The van der Waals surface area contributed by atoms with Crippen LogP contribution >= 0.6 is 0 Å². The number of carboxylic acid groups (broad SMARTS) is 1. The van der Waals surface area contributed by atoms with Gasteiger partial charge in [0.15, 0.2) is 0 Å². The molecule has 3 nitrogen and oxygen atoms in total. The van der Waals surface area contributed by atoms with Gasteiger partial charge in [0.2, 0.25) is 0 Å². The van der Waals surface area contributed by atoms with E-state index in [0.29, 0.717) is 5.92 Å². The molecule has 1 fully saturated rings. The Kier molecular flexibility index (Phi) is 7.33. The summed E-state index contributed by atoms with van der Waals surface area (Å²) in [5, 5.41) is 8.94. The van der Waals surface area contributed by atoms with E-state index in [0.717, 1.165) is 18.8 Å². The first-order chi connectivity index (χ1) is 8.63. The summed E-state index contributed by atoms with van der Waals surface area (Å²) in [6.07, 6.45) is 11.4. The molecule has 2 unspecified atom stereocenters. The fourth-order valence-electron chi connectivity index (χ4n) is 2.97. The van der Waals surface area contributed by atoms with Gasteiger partial charge < -0.3 is 10.8 Å². The van der Waals surface area contributed by atoms with Gasteiger partial charge in [-0.2, -0.15) is 0 Å². The number of hydrogen-bond acceptors (Lipinski definition) is 2. The van der Waals surface area contributed by atoms with Gasteiger partial charge in [-0.05, 0) is 24.7 Å². The van der Waals surface area contributed by atoms with Crippen LogP contribution in [0.4, 0.5) is 0 Å². The molecule has 0 radical (unpaired) electrons. The zero-order valence-corrected chi connectivity index (χ0v) is 11.7. The predicted molar refractivity (Wildman–Crippen MR) is 74.4 cm³/mol. The maximum absolute atomic E-state index is 10.9. The first-order valence-corrected chi connectivity index (χ1v) is 7.56. The molecule has 1 aliphatic carbocycles. The highest BCUT2D eigenvalue weighted by Crippen LogP contribution is 2.29. The highest BCUT2D eigenvalue weighted by molar-refractivity contribution is 5.70. The van der Waals surface area contributed by atoms with Crippen molar-refractivity contribution in [3.05, 3.63) is 0 Å². The van der Waals surface area contributed by atoms with Crippen molar-refractivity contribution in [2.75, 3.05) is 6.54 Å². The van der Waals surface area contributed by atoms with Gasteiger partial charge in [-0.25, -0.2) is 0 Å². The highest BCUT2D eigenvalue weighted by Gasteiger charge is 2.18. The molecular weight excluding hydrogens is 226 g/mol. The minimum Gasteiger partial charge on any atom is -0.481 e. The Labute approximate surface area is 111 Å². The van der Waals surface area contributed by atoms with Gasteiger partial charge in [-0.3, -0.25) is 4.79 Å². The van der Waals surface area contributed by atoms with Gasteiger partial charge in [-0.15, -0.1) is 0 Å². The number of carboxylic acids is 1. The second kappa shape index (κ2) is 8.52. The number of nitrogens with two attached hydrogens (primary N) is 1. The average molecular weight is 255 g/mol. The van der Waals surface area contributed by atoms with Crippen molar-refractivity contribution >= 4 is 5.97 Å². The first-order valence-electron chi connectivity index (χ1n) is 7.56. The van der Waals surface area contributed by atoms with Crippen LogP contribution in [0.1, 0.15) is 64.7 Å². The minimum absolute atomic E-state index is 0.269. The van der Waals surface area contributed by atoms with Gasteiger partial charge >= 0.3 is 5.97 Å². The van der Waals surface area contributed by atoms with E-state index in [-0.39, 0.29) is 12.5 Å². The Balaban J connectivity index is 2.12. The largest absolute Gasteiger partial charge is 0.481 e. The molecule has 0 aromatic carbocycles. The molecule has 3 N–H and O–H groups in total. The van der Waals surface area contributed by atoms with Crippen molar-refractivity contribution < 1.29 is 9.90 Å². The second-order valence-electron chi connectivity index (χ2n) is 6.03. The van der Waals surface area contributed by atoms with Gasteiger partial charge in [-0.1, -0.05) is 51.9 Å². The summed E-state index contributed by atoms with van der Waals surface area (Å²) < 4.78 is 0. The van der Waals surface area contributed by atoms with Crippen LogP contribution in [0, 0.1) is 17.8 Å². The van der Waals surface area contributed by atoms with Crippen LogP contribution in [-0.4, -0.2) is 17.6 Å². The van der Waals surface area contributed by atoms with E-state index in [1.54, 1.807) is 0 Å². The smallest absolute Gasteiger partial charge is 0.307 e. The van der Waals surface area contributed by atoms with Crippen LogP contribution < -0.4 is 5.73 Å². The SMILES string of the molecule is CC(CCC1CCCCC1)CCC(CN)C(=O)O. The zero-order chi connectivity index (χ0) is 13.4. The number of hydrogen-bond donors (Lipinski definition) is 2. The van der Waals surface area contributed by atoms with Gasteiger partial charge in [0.25, 0.3) is 0 Å². The fourth-order valence-corrected chi connectivity index (χ4v) is 2.97. The molecule has 0 heterocycles. The quantitative estimate of drug-likeness (QED) is 0.698. The molecule has 0 aromatic heterocycles. The molecule has 3 heteroatoms. The van der Waals surface area contributed by atoms with Gasteiger partial charge in [0.05, 0.1) is 5.92 Å². The maximum atomic E-state index is 10.9. The van der Waals surface area contributed by atoms with Crippen molar-refractivity contribution in [3.8, 4) is 0 Å². The third kappa shape index (κ3) is 5.85. The number of rotatable bonds is 8. The molecule has 0 saturated heterocycles. The van der Waals surface area contributed by atoms with Crippen LogP contribution in [-0.2, 0) is 4.79 Å². The Morgan fingerprint density at radius 2 is 1.89 bits per heavy atom. The standard InChI is InChI=1S/C15H29NO2/c1-12(8-10-14(11-16)15(17)18)7-9-13-5-3-2-4-6-13/h12-14H,2-11,16H2,1H3,(H,17,18). The summed E-state index contributed by atoms with van der Waals surface area (Å²) in [6, 6.07) is 0. The molecule has 0 amide bonds. The van der Waals surface area contributed by atoms with Crippen molar-refractivity contribution in [2.24, 2.45) is 23.5 Å². The maximum Gasteiger partial charge on any atom is 0.307 e. The average Bonchev–Trinajstić information content (AvgIpc) is 2.38. The molecule has 18 heavy (non-hydrogen) atoms. The molecule has 0 spiro atoms. The third-order valence-corrected chi connectivity index (χ3v) is 4.43. The summed E-state index contributed by atoms with van der Waals surface area (Å²) in [5.74, 6) is 0.491. The molecule has 0 aromatic rings. The number of aliphatic carboxylic acids is 1. The topological polar surface area (TPSA) is 63.3 Å². The van der Waals surface area contributed by atoms with Crippen molar-refractivity contribution in [1.82, 2.24) is 0 Å². The van der Waals surface area contributed by atoms with Crippen molar-refractivity contribution in [1.29, 1.82) is 0 Å². The van der Waals surface area contributed by atoms with Gasteiger partial charge in [0.1, 0.15) is 0 Å². The van der Waals surface area contributed by atoms with Crippen LogP contribution in [0.5, 0.6) is 0 Å². The lowest BCUT2D eigenvalue weighted by Crippen LogP contribution is -2.23. The Hall–Kier alpha value is -0.570. The van der Waals surface area contributed by atoms with Crippen LogP contribution in [0.25, 0.3) is 0 Å². The summed E-state index contributed by atoms with van der Waals surface area (Å²) >= 11 is 0. The predicted octanol–water partition coefficient (Wildman–Crippen LogP) is 3.42. The van der Waals surface area contributed by atoms with Crippen molar-refractivity contribution in [2.45, 2.75) is 64.7 Å². The van der Waals surface area contributed by atoms with E-state index in [9.17, 15) is 4.79 Å². The number of carbonyl (C=O) groups is 1. The molecule has 0 bridgehead atoms. The fraction of sp³-hybridized carbons (Fsp3) is 0.933. The lowest BCUT2D eigenvalue weighted by atomic mass is 9.83. The first kappa shape index (κ1) is 15.5. The van der Waals surface area contributed by atoms with E-state index in [1.165, 1.54) is 44.9 Å². The van der Waals surface area contributed by atoms with Crippen LogP contribution in [0.15, 0.2) is 0 Å². The summed E-state index contributed by atoms with van der Waals surface area (Å²) in [4.78, 5) is 10.9. The third-order valence-electron chi connectivity index (χ3n) is 4.43. The van der Waals surface area contributed by atoms with Crippen molar-refractivity contribution in [3.63, 3.8) is 0 Å². The van der Waals surface area contributed by atoms with E-state index < -0.39 is 5.97 Å². The Morgan fingerprint density at radius 3 is 2.44 bits per heavy atom. The van der Waals surface area contributed by atoms with E-state index in [2.05, 4.69) is 6.92 Å². The summed E-state index contributed by atoms with van der Waals surface area (Å²) in [6.45, 7) is 2.52. The lowest BCUT2D eigenvalue weighted by Gasteiger charge is -2.23. The summed E-state index contributed by atoms with van der Waals surface area (Å²) in [5.41, 5.74) is 5.47. The van der Waals surface area contributed by atoms with Gasteiger partial charge in [0, 0.05) is 6.54 Å². The zero-order valence-electron chi connectivity index (χ0n) is 11.7. The summed E-state index contributed by atoms with van der Waals surface area (Å²) in [7, 11) is 0. The molecule has 2 atom stereocenters. The molecule has 1 saturated carbocycles. The van der Waals surface area contributed by atoms with Crippen LogP contribution in [0.2, 0.25) is 0 Å². The second-order valence-corrected chi connectivity index (χ2v) is 6.03. The Morgan fingerprint density at radius 1 is 1.22 bits per heavy atom. The lowest BCUT2D eigenvalue weighted by molar-refractivity contribution is -0.141. The van der Waals surface area contributed by atoms with Crippen LogP contribution in [0.3, 0.4) is 0 Å². The molecule has 1 rings (SSSR count). The molecule has 0 aliphatic heterocycles. The monoisotopic (exact) mass is 255 g/mol. The molecular formula is C15H29NO2. The van der Waals surface area contributed by atoms with E-state index in [4.69, 9.17) is 10.8 Å². The van der Waals surface area contributed by atoms with E-state index in [1.807, 2.05) is 0 Å².